The monoisotopic (exact) mass is 492 g/mol. The van der Waals surface area contributed by atoms with Gasteiger partial charge in [-0.25, -0.2) is 0 Å². The molecule has 3 aromatic carbocycles. The van der Waals surface area contributed by atoms with E-state index in [9.17, 15) is 0 Å². The second-order valence-corrected chi connectivity index (χ2v) is 10.6. The summed E-state index contributed by atoms with van der Waals surface area (Å²) in [5, 5.41) is 0. The fourth-order valence-electron chi connectivity index (χ4n) is 5.27. The Morgan fingerprint density at radius 1 is 0.703 bits per heavy atom. The summed E-state index contributed by atoms with van der Waals surface area (Å²) in [5.74, 6) is 1.52. The first kappa shape index (κ1) is 27.1. The standard InChI is InChI=1S/C36H44O/c1-3-5-8-27-37-28-32-17-21-34(22-18-32)36-25-23-35(24-26-36)33-19-15-31(16-20-33)10-7-6-9-30-13-11-29(4-2)12-14-30/h4,6,9,15-26,29-30H,2-3,5,7-8,10-14,27-28H2,1H3/b9-6+/t29-,30-. The highest BCUT2D eigenvalue weighted by Crippen LogP contribution is 2.30. The number of hydrogen-bond acceptors (Lipinski definition) is 1. The molecule has 0 aromatic heterocycles. The van der Waals surface area contributed by atoms with E-state index in [1.807, 2.05) is 0 Å². The van der Waals surface area contributed by atoms with Gasteiger partial charge >= 0.3 is 0 Å². The van der Waals surface area contributed by atoms with Crippen molar-refractivity contribution in [1.29, 1.82) is 0 Å². The van der Waals surface area contributed by atoms with Crippen molar-refractivity contribution in [2.75, 3.05) is 6.61 Å². The van der Waals surface area contributed by atoms with E-state index in [1.54, 1.807) is 0 Å². The van der Waals surface area contributed by atoms with Gasteiger partial charge < -0.3 is 4.74 Å². The predicted molar refractivity (Wildman–Crippen MR) is 160 cm³/mol. The third-order valence-corrected chi connectivity index (χ3v) is 7.78. The van der Waals surface area contributed by atoms with Crippen LogP contribution < -0.4 is 0 Å². The summed E-state index contributed by atoms with van der Waals surface area (Å²) in [6, 6.07) is 26.8. The highest BCUT2D eigenvalue weighted by molar-refractivity contribution is 5.70. The maximum atomic E-state index is 5.79. The molecule has 1 nitrogen and oxygen atoms in total. The maximum absolute atomic E-state index is 5.79. The first-order valence-electron chi connectivity index (χ1n) is 14.4. The highest BCUT2D eigenvalue weighted by Gasteiger charge is 2.16. The fourth-order valence-corrected chi connectivity index (χ4v) is 5.27. The van der Waals surface area contributed by atoms with E-state index >= 15 is 0 Å². The third-order valence-electron chi connectivity index (χ3n) is 7.78. The number of hydrogen-bond donors (Lipinski definition) is 0. The Labute approximate surface area is 225 Å². The minimum Gasteiger partial charge on any atom is -0.377 e. The van der Waals surface area contributed by atoms with Gasteiger partial charge in [-0.2, -0.15) is 0 Å². The summed E-state index contributed by atoms with van der Waals surface area (Å²) >= 11 is 0. The van der Waals surface area contributed by atoms with Gasteiger partial charge in [0.05, 0.1) is 6.61 Å². The lowest BCUT2D eigenvalue weighted by Gasteiger charge is -2.24. The van der Waals surface area contributed by atoms with Crippen LogP contribution in [0.3, 0.4) is 0 Å². The van der Waals surface area contributed by atoms with Crippen molar-refractivity contribution in [2.24, 2.45) is 11.8 Å². The molecule has 0 saturated heterocycles. The minimum absolute atomic E-state index is 0.701. The SMILES string of the molecule is C=C[C@H]1CC[C@H](/C=C/CCc2ccc(-c3ccc(-c4ccc(COCCCCC)cc4)cc3)cc2)CC1. The largest absolute Gasteiger partial charge is 0.377 e. The van der Waals surface area contributed by atoms with Crippen LogP contribution >= 0.6 is 0 Å². The van der Waals surface area contributed by atoms with Gasteiger partial charge in [0.2, 0.25) is 0 Å². The predicted octanol–water partition coefficient (Wildman–Crippen LogP) is 10.2. The van der Waals surface area contributed by atoms with Crippen LogP contribution in [0.25, 0.3) is 22.3 Å². The Kier molecular flexibility index (Phi) is 10.8. The van der Waals surface area contributed by atoms with Crippen molar-refractivity contribution in [2.45, 2.75) is 71.3 Å². The molecule has 194 valence electrons. The van der Waals surface area contributed by atoms with Crippen LogP contribution in [0, 0.1) is 11.8 Å². The van der Waals surface area contributed by atoms with Crippen LogP contribution in [-0.2, 0) is 17.8 Å². The van der Waals surface area contributed by atoms with E-state index in [0.717, 1.165) is 37.7 Å². The number of allylic oxidation sites excluding steroid dienone is 3. The van der Waals surface area contributed by atoms with E-state index in [-0.39, 0.29) is 0 Å². The van der Waals surface area contributed by atoms with Crippen LogP contribution in [0.4, 0.5) is 0 Å². The van der Waals surface area contributed by atoms with Gasteiger partial charge in [-0.1, -0.05) is 111 Å². The quantitative estimate of drug-likeness (QED) is 0.170. The van der Waals surface area contributed by atoms with Crippen LogP contribution in [0.2, 0.25) is 0 Å². The van der Waals surface area contributed by atoms with Gasteiger partial charge in [-0.05, 0) is 90.2 Å². The van der Waals surface area contributed by atoms with Crippen molar-refractivity contribution in [3.05, 3.63) is 109 Å². The zero-order chi connectivity index (χ0) is 25.7. The Morgan fingerprint density at radius 3 is 1.76 bits per heavy atom. The topological polar surface area (TPSA) is 9.23 Å². The molecule has 0 aliphatic heterocycles. The maximum Gasteiger partial charge on any atom is 0.0716 e. The summed E-state index contributed by atoms with van der Waals surface area (Å²) in [5.41, 5.74) is 7.69. The lowest BCUT2D eigenvalue weighted by molar-refractivity contribution is 0.117. The van der Waals surface area contributed by atoms with E-state index in [0.29, 0.717) is 6.61 Å². The Bertz CT molecular complexity index is 1080. The Balaban J connectivity index is 1.24. The summed E-state index contributed by atoms with van der Waals surface area (Å²) in [7, 11) is 0. The first-order valence-corrected chi connectivity index (χ1v) is 14.4. The van der Waals surface area contributed by atoms with Crippen molar-refractivity contribution >= 4 is 0 Å². The number of rotatable bonds is 13. The van der Waals surface area contributed by atoms with Crippen LogP contribution in [-0.4, -0.2) is 6.61 Å². The molecule has 3 aromatic rings. The molecule has 1 aliphatic rings. The van der Waals surface area contributed by atoms with E-state index in [1.165, 1.54) is 71.9 Å². The molecule has 1 fully saturated rings. The van der Waals surface area contributed by atoms with Crippen LogP contribution in [0.1, 0.15) is 69.4 Å². The first-order chi connectivity index (χ1) is 18.2. The van der Waals surface area contributed by atoms with Crippen molar-refractivity contribution in [1.82, 2.24) is 0 Å². The average Bonchev–Trinajstić information content (AvgIpc) is 2.96. The van der Waals surface area contributed by atoms with E-state index in [4.69, 9.17) is 4.74 Å². The van der Waals surface area contributed by atoms with Crippen LogP contribution in [0.5, 0.6) is 0 Å². The van der Waals surface area contributed by atoms with E-state index < -0.39 is 0 Å². The second kappa shape index (κ2) is 14.7. The van der Waals surface area contributed by atoms with Gasteiger partial charge in [-0.15, -0.1) is 6.58 Å². The molecular weight excluding hydrogens is 448 g/mol. The molecule has 0 radical (unpaired) electrons. The summed E-state index contributed by atoms with van der Waals surface area (Å²) in [4.78, 5) is 0. The molecule has 0 amide bonds. The average molecular weight is 493 g/mol. The molecule has 0 bridgehead atoms. The molecule has 1 aliphatic carbocycles. The van der Waals surface area contributed by atoms with Crippen molar-refractivity contribution < 1.29 is 4.74 Å². The van der Waals surface area contributed by atoms with Gasteiger partial charge in [0, 0.05) is 6.61 Å². The van der Waals surface area contributed by atoms with Crippen molar-refractivity contribution in [3.8, 4) is 22.3 Å². The molecule has 0 unspecified atom stereocenters. The third kappa shape index (κ3) is 8.58. The number of aryl methyl sites for hydroxylation is 1. The summed E-state index contributed by atoms with van der Waals surface area (Å²) in [6.45, 7) is 7.73. The molecule has 1 heteroatoms. The summed E-state index contributed by atoms with van der Waals surface area (Å²) < 4.78 is 5.79. The molecule has 1 saturated carbocycles. The van der Waals surface area contributed by atoms with Gasteiger partial charge in [0.1, 0.15) is 0 Å². The van der Waals surface area contributed by atoms with Crippen molar-refractivity contribution in [3.63, 3.8) is 0 Å². The Morgan fingerprint density at radius 2 is 1.22 bits per heavy atom. The minimum atomic E-state index is 0.701. The molecular formula is C36H44O. The Hall–Kier alpha value is -2.90. The lowest BCUT2D eigenvalue weighted by Crippen LogP contribution is -2.10. The molecule has 0 spiro atoms. The smallest absolute Gasteiger partial charge is 0.0716 e. The molecule has 4 rings (SSSR count). The molecule has 0 atom stereocenters. The number of ether oxygens (including phenoxy) is 1. The van der Waals surface area contributed by atoms with Gasteiger partial charge in [-0.3, -0.25) is 0 Å². The molecule has 0 heterocycles. The molecule has 0 N–H and O–H groups in total. The van der Waals surface area contributed by atoms with E-state index in [2.05, 4.69) is 105 Å². The normalized spacial score (nSPS) is 17.8. The van der Waals surface area contributed by atoms with Gasteiger partial charge in [0.25, 0.3) is 0 Å². The fraction of sp³-hybridized carbons (Fsp3) is 0.389. The van der Waals surface area contributed by atoms with Crippen LogP contribution in [0.15, 0.2) is 97.6 Å². The summed E-state index contributed by atoms with van der Waals surface area (Å²) in [6.07, 6.45) is 18.1. The zero-order valence-electron chi connectivity index (χ0n) is 22.7. The number of benzene rings is 3. The lowest BCUT2D eigenvalue weighted by atomic mass is 9.82. The second-order valence-electron chi connectivity index (χ2n) is 10.6. The van der Waals surface area contributed by atoms with Gasteiger partial charge in [0.15, 0.2) is 0 Å². The molecule has 37 heavy (non-hydrogen) atoms. The highest BCUT2D eigenvalue weighted by atomic mass is 16.5. The number of unbranched alkanes of at least 4 members (excludes halogenated alkanes) is 2. The zero-order valence-corrected chi connectivity index (χ0v) is 22.7.